The molecule has 4 nitrogen and oxygen atoms in total. The minimum Gasteiger partial charge on any atom is -0.316 e. The normalized spacial score (nSPS) is 11.4. The van der Waals surface area contributed by atoms with Crippen molar-refractivity contribution in [3.8, 4) is 0 Å². The summed E-state index contributed by atoms with van der Waals surface area (Å²) in [6, 6.07) is 5.59. The van der Waals surface area contributed by atoms with E-state index in [9.17, 15) is 4.79 Å². The predicted octanol–water partition coefficient (Wildman–Crippen LogP) is 2.79. The highest BCUT2D eigenvalue weighted by Gasteiger charge is 2.04. The molecule has 0 aliphatic rings. The Kier molecular flexibility index (Phi) is 5.31. The maximum atomic E-state index is 12.3. The number of hydrogen-bond donors (Lipinski definition) is 1. The Bertz CT molecular complexity index is 637. The van der Waals surface area contributed by atoms with Gasteiger partial charge in [0.05, 0.1) is 17.2 Å². The molecule has 0 spiro atoms. The second-order valence-electron chi connectivity index (χ2n) is 5.36. The first-order valence-corrected chi connectivity index (χ1v) is 7.72. The second-order valence-corrected chi connectivity index (χ2v) is 6.27. The van der Waals surface area contributed by atoms with Crippen LogP contribution in [0.3, 0.4) is 0 Å². The first kappa shape index (κ1) is 15.2. The van der Waals surface area contributed by atoms with Gasteiger partial charge in [-0.15, -0.1) is 0 Å². The number of hydrogen-bond acceptors (Lipinski definition) is 3. The molecule has 0 aliphatic heterocycles. The van der Waals surface area contributed by atoms with Crippen molar-refractivity contribution in [1.29, 1.82) is 0 Å². The van der Waals surface area contributed by atoms with Gasteiger partial charge in [-0.05, 0) is 43.6 Å². The largest absolute Gasteiger partial charge is 0.316 e. The Labute approximate surface area is 127 Å². The van der Waals surface area contributed by atoms with E-state index >= 15 is 0 Å². The van der Waals surface area contributed by atoms with Crippen LogP contribution in [0.15, 0.2) is 33.8 Å². The van der Waals surface area contributed by atoms with Gasteiger partial charge in [-0.1, -0.05) is 29.8 Å². The van der Waals surface area contributed by atoms with E-state index in [0.717, 1.165) is 29.5 Å². The van der Waals surface area contributed by atoms with Crippen molar-refractivity contribution >= 4 is 26.8 Å². The Morgan fingerprint density at radius 1 is 1.40 bits per heavy atom. The maximum Gasteiger partial charge on any atom is 0.261 e. The summed E-state index contributed by atoms with van der Waals surface area (Å²) in [5.74, 6) is 0.650. The molecule has 20 heavy (non-hydrogen) atoms. The van der Waals surface area contributed by atoms with E-state index in [0.29, 0.717) is 17.8 Å². The lowest BCUT2D eigenvalue weighted by molar-refractivity contribution is 0.517. The lowest BCUT2D eigenvalue weighted by Crippen LogP contribution is -2.25. The number of aromatic nitrogens is 2. The van der Waals surface area contributed by atoms with Crippen molar-refractivity contribution in [3.63, 3.8) is 0 Å². The number of halogens is 1. The molecule has 0 amide bonds. The number of nitrogens with zero attached hydrogens (tertiary/aromatic N) is 2. The number of rotatable bonds is 6. The number of aryl methyl sites for hydroxylation is 1. The molecular formula is C15H20BrN3O. The van der Waals surface area contributed by atoms with Gasteiger partial charge in [-0.3, -0.25) is 9.36 Å². The van der Waals surface area contributed by atoms with Crippen LogP contribution in [0.1, 0.15) is 20.3 Å². The van der Waals surface area contributed by atoms with Crippen molar-refractivity contribution in [2.45, 2.75) is 26.8 Å². The van der Waals surface area contributed by atoms with Crippen LogP contribution in [0.25, 0.3) is 10.9 Å². The molecule has 1 aromatic carbocycles. The topological polar surface area (TPSA) is 46.9 Å². The van der Waals surface area contributed by atoms with Gasteiger partial charge in [0.15, 0.2) is 0 Å². The van der Waals surface area contributed by atoms with Crippen LogP contribution in [-0.2, 0) is 6.54 Å². The van der Waals surface area contributed by atoms with Crippen molar-refractivity contribution in [3.05, 3.63) is 39.4 Å². The first-order chi connectivity index (χ1) is 9.58. The molecule has 0 aliphatic carbocycles. The summed E-state index contributed by atoms with van der Waals surface area (Å²) in [6.45, 7) is 6.99. The third-order valence-corrected chi connectivity index (χ3v) is 3.58. The Balaban J connectivity index is 2.04. The van der Waals surface area contributed by atoms with Gasteiger partial charge in [0.2, 0.25) is 0 Å². The van der Waals surface area contributed by atoms with E-state index in [4.69, 9.17) is 0 Å². The quantitative estimate of drug-likeness (QED) is 0.824. The molecule has 0 saturated heterocycles. The summed E-state index contributed by atoms with van der Waals surface area (Å²) in [7, 11) is 0. The fourth-order valence-electron chi connectivity index (χ4n) is 2.06. The van der Waals surface area contributed by atoms with Crippen molar-refractivity contribution in [1.82, 2.24) is 14.9 Å². The molecule has 0 fully saturated rings. The number of nitrogens with one attached hydrogen (secondary N) is 1. The molecule has 1 heterocycles. The molecule has 0 saturated carbocycles. The minimum atomic E-state index is 0.0279. The van der Waals surface area contributed by atoms with Crippen LogP contribution < -0.4 is 10.9 Å². The summed E-state index contributed by atoms with van der Waals surface area (Å²) in [4.78, 5) is 16.7. The van der Waals surface area contributed by atoms with E-state index in [1.807, 2.05) is 18.2 Å². The molecule has 0 atom stereocenters. The Morgan fingerprint density at radius 3 is 2.95 bits per heavy atom. The van der Waals surface area contributed by atoms with Gasteiger partial charge in [0.1, 0.15) is 0 Å². The molecule has 0 radical (unpaired) electrons. The summed E-state index contributed by atoms with van der Waals surface area (Å²) in [6.07, 6.45) is 2.56. The highest BCUT2D eigenvalue weighted by molar-refractivity contribution is 9.10. The second kappa shape index (κ2) is 6.99. The van der Waals surface area contributed by atoms with E-state index in [-0.39, 0.29) is 5.56 Å². The van der Waals surface area contributed by atoms with Gasteiger partial charge in [0.25, 0.3) is 5.56 Å². The molecule has 108 valence electrons. The summed E-state index contributed by atoms with van der Waals surface area (Å²) in [5.41, 5.74) is 0.771. The van der Waals surface area contributed by atoms with Crippen LogP contribution in [0.4, 0.5) is 0 Å². The van der Waals surface area contributed by atoms with Gasteiger partial charge in [-0.2, -0.15) is 0 Å². The van der Waals surface area contributed by atoms with Crippen molar-refractivity contribution in [2.75, 3.05) is 13.1 Å². The van der Waals surface area contributed by atoms with Gasteiger partial charge >= 0.3 is 0 Å². The summed E-state index contributed by atoms with van der Waals surface area (Å²) < 4.78 is 2.59. The van der Waals surface area contributed by atoms with E-state index in [1.165, 1.54) is 0 Å². The summed E-state index contributed by atoms with van der Waals surface area (Å²) in [5, 5.41) is 4.04. The van der Waals surface area contributed by atoms with E-state index in [2.05, 4.69) is 40.1 Å². The zero-order valence-electron chi connectivity index (χ0n) is 11.9. The molecule has 0 bridgehead atoms. The monoisotopic (exact) mass is 337 g/mol. The fourth-order valence-corrected chi connectivity index (χ4v) is 2.42. The fraction of sp³-hybridized carbons (Fsp3) is 0.467. The molecule has 1 aromatic heterocycles. The van der Waals surface area contributed by atoms with Crippen LogP contribution in [0.5, 0.6) is 0 Å². The average molecular weight is 338 g/mol. The van der Waals surface area contributed by atoms with E-state index in [1.54, 1.807) is 10.9 Å². The average Bonchev–Trinajstić information content (AvgIpc) is 2.41. The Morgan fingerprint density at radius 2 is 2.20 bits per heavy atom. The third kappa shape index (κ3) is 3.90. The zero-order valence-corrected chi connectivity index (χ0v) is 13.5. The predicted molar refractivity (Wildman–Crippen MR) is 86.0 cm³/mol. The van der Waals surface area contributed by atoms with Crippen LogP contribution >= 0.6 is 15.9 Å². The zero-order chi connectivity index (χ0) is 14.5. The Hall–Kier alpha value is -1.20. The van der Waals surface area contributed by atoms with Crippen LogP contribution in [0.2, 0.25) is 0 Å². The highest BCUT2D eigenvalue weighted by Crippen LogP contribution is 2.14. The minimum absolute atomic E-state index is 0.0279. The first-order valence-electron chi connectivity index (χ1n) is 6.93. The van der Waals surface area contributed by atoms with Gasteiger partial charge < -0.3 is 5.32 Å². The smallest absolute Gasteiger partial charge is 0.261 e. The van der Waals surface area contributed by atoms with Crippen LogP contribution in [-0.4, -0.2) is 22.6 Å². The maximum absolute atomic E-state index is 12.3. The number of benzene rings is 1. The summed E-state index contributed by atoms with van der Waals surface area (Å²) >= 11 is 3.39. The molecule has 5 heteroatoms. The molecular weight excluding hydrogens is 318 g/mol. The SMILES string of the molecule is CC(C)CNCCCn1cnc2ccc(Br)cc2c1=O. The van der Waals surface area contributed by atoms with Gasteiger partial charge in [-0.25, -0.2) is 4.98 Å². The van der Waals surface area contributed by atoms with Gasteiger partial charge in [0, 0.05) is 11.0 Å². The highest BCUT2D eigenvalue weighted by atomic mass is 79.9. The van der Waals surface area contributed by atoms with Crippen LogP contribution in [0, 0.1) is 5.92 Å². The van der Waals surface area contributed by atoms with Crippen molar-refractivity contribution < 1.29 is 0 Å². The van der Waals surface area contributed by atoms with E-state index < -0.39 is 0 Å². The molecule has 1 N–H and O–H groups in total. The third-order valence-electron chi connectivity index (χ3n) is 3.09. The standard InChI is InChI=1S/C15H20BrN3O/c1-11(2)9-17-6-3-7-19-10-18-14-5-4-12(16)8-13(14)15(19)20/h4-5,8,10-11,17H,3,6-7,9H2,1-2H3. The molecule has 2 aromatic rings. The lowest BCUT2D eigenvalue weighted by atomic mass is 10.2. The molecule has 0 unspecified atom stereocenters. The lowest BCUT2D eigenvalue weighted by Gasteiger charge is -2.09. The molecule has 2 rings (SSSR count). The van der Waals surface area contributed by atoms with Crippen molar-refractivity contribution in [2.24, 2.45) is 5.92 Å². The number of fused-ring (bicyclic) bond motifs is 1.